The highest BCUT2D eigenvalue weighted by atomic mass is 16.5. The van der Waals surface area contributed by atoms with Gasteiger partial charge in [0.25, 0.3) is 5.91 Å². The lowest BCUT2D eigenvalue weighted by atomic mass is 9.97. The summed E-state index contributed by atoms with van der Waals surface area (Å²) < 4.78 is 6.09. The van der Waals surface area contributed by atoms with Crippen LogP contribution in [0.4, 0.5) is 0 Å². The summed E-state index contributed by atoms with van der Waals surface area (Å²) in [6.45, 7) is 4.64. The molecule has 0 aliphatic carbocycles. The number of ether oxygens (including phenoxy) is 1. The molecule has 0 bridgehead atoms. The minimum Gasteiger partial charge on any atom is -0.478 e. The molecule has 35 heavy (non-hydrogen) atoms. The SMILES string of the molecule is CC(C)(CCCCOc1cc(-c2ccccc2)cc(-c2ccccc2)n1)NC(=O)c1cccnc1. The molecule has 2 heterocycles. The summed E-state index contributed by atoms with van der Waals surface area (Å²) in [5, 5.41) is 3.10. The van der Waals surface area contributed by atoms with Gasteiger partial charge in [-0.15, -0.1) is 0 Å². The number of unbranched alkanes of at least 4 members (excludes halogenated alkanes) is 1. The van der Waals surface area contributed by atoms with Crippen molar-refractivity contribution >= 4 is 5.91 Å². The number of aromatic nitrogens is 2. The van der Waals surface area contributed by atoms with E-state index in [0.717, 1.165) is 41.6 Å². The zero-order valence-electron chi connectivity index (χ0n) is 20.3. The van der Waals surface area contributed by atoms with E-state index in [1.165, 1.54) is 0 Å². The number of amides is 1. The Bertz CT molecular complexity index is 1170. The molecule has 2 aromatic carbocycles. The Kier molecular flexibility index (Phi) is 7.88. The molecule has 0 aliphatic heterocycles. The molecule has 5 nitrogen and oxygen atoms in total. The fraction of sp³-hybridized carbons (Fsp3) is 0.233. The van der Waals surface area contributed by atoms with E-state index < -0.39 is 0 Å². The summed E-state index contributed by atoms with van der Waals surface area (Å²) in [5.41, 5.74) is 4.40. The number of hydrogen-bond donors (Lipinski definition) is 1. The van der Waals surface area contributed by atoms with Gasteiger partial charge in [-0.2, -0.15) is 0 Å². The van der Waals surface area contributed by atoms with Crippen LogP contribution in [0.2, 0.25) is 0 Å². The molecule has 4 aromatic rings. The first-order valence-corrected chi connectivity index (χ1v) is 12.0. The normalized spacial score (nSPS) is 11.1. The molecule has 0 unspecified atom stereocenters. The third kappa shape index (κ3) is 7.00. The van der Waals surface area contributed by atoms with E-state index in [2.05, 4.69) is 40.6 Å². The second-order valence-corrected chi connectivity index (χ2v) is 9.20. The second-order valence-electron chi connectivity index (χ2n) is 9.20. The van der Waals surface area contributed by atoms with Crippen LogP contribution >= 0.6 is 0 Å². The minimum absolute atomic E-state index is 0.102. The van der Waals surface area contributed by atoms with E-state index in [4.69, 9.17) is 9.72 Å². The fourth-order valence-corrected chi connectivity index (χ4v) is 3.92. The molecule has 0 spiro atoms. The smallest absolute Gasteiger partial charge is 0.253 e. The van der Waals surface area contributed by atoms with Crippen molar-refractivity contribution in [2.75, 3.05) is 6.61 Å². The van der Waals surface area contributed by atoms with Crippen molar-refractivity contribution in [1.82, 2.24) is 15.3 Å². The minimum atomic E-state index is -0.321. The largest absolute Gasteiger partial charge is 0.478 e. The van der Waals surface area contributed by atoms with Crippen molar-refractivity contribution in [3.8, 4) is 28.3 Å². The van der Waals surface area contributed by atoms with Gasteiger partial charge in [-0.1, -0.05) is 60.7 Å². The van der Waals surface area contributed by atoms with Crippen LogP contribution in [0.25, 0.3) is 22.4 Å². The Balaban J connectivity index is 1.35. The van der Waals surface area contributed by atoms with Crippen LogP contribution in [-0.2, 0) is 0 Å². The molecule has 2 aromatic heterocycles. The predicted octanol–water partition coefficient (Wildman–Crippen LogP) is 6.57. The molecule has 5 heteroatoms. The quantitative estimate of drug-likeness (QED) is 0.269. The topological polar surface area (TPSA) is 64.1 Å². The maximum atomic E-state index is 12.4. The Morgan fingerprint density at radius 1 is 0.857 bits per heavy atom. The van der Waals surface area contributed by atoms with Gasteiger partial charge >= 0.3 is 0 Å². The Labute approximate surface area is 207 Å². The van der Waals surface area contributed by atoms with Gasteiger partial charge in [-0.05, 0) is 62.4 Å². The van der Waals surface area contributed by atoms with Crippen LogP contribution in [0, 0.1) is 0 Å². The zero-order chi connectivity index (χ0) is 24.5. The molecule has 0 fully saturated rings. The summed E-state index contributed by atoms with van der Waals surface area (Å²) in [4.78, 5) is 21.2. The van der Waals surface area contributed by atoms with Gasteiger partial charge in [0.2, 0.25) is 5.88 Å². The summed E-state index contributed by atoms with van der Waals surface area (Å²) in [7, 11) is 0. The molecule has 0 radical (unpaired) electrons. The number of benzene rings is 2. The molecule has 0 aliphatic rings. The Morgan fingerprint density at radius 3 is 2.26 bits per heavy atom. The molecule has 0 saturated heterocycles. The van der Waals surface area contributed by atoms with E-state index in [-0.39, 0.29) is 11.4 Å². The average Bonchev–Trinajstić information content (AvgIpc) is 2.89. The lowest BCUT2D eigenvalue weighted by molar-refractivity contribution is 0.0907. The van der Waals surface area contributed by atoms with E-state index in [0.29, 0.717) is 18.1 Å². The van der Waals surface area contributed by atoms with Gasteiger partial charge in [-0.25, -0.2) is 4.98 Å². The van der Waals surface area contributed by atoms with Crippen molar-refractivity contribution in [2.24, 2.45) is 0 Å². The van der Waals surface area contributed by atoms with Crippen LogP contribution < -0.4 is 10.1 Å². The maximum absolute atomic E-state index is 12.4. The highest BCUT2D eigenvalue weighted by molar-refractivity contribution is 5.94. The van der Waals surface area contributed by atoms with Crippen molar-refractivity contribution < 1.29 is 9.53 Å². The standard InChI is InChI=1S/C30H31N3O2/c1-30(2,33-29(34)25-16-11-18-31-22-25)17-9-10-19-35-28-21-26(23-12-5-3-6-13-23)20-27(32-28)24-14-7-4-8-15-24/h3-8,11-16,18,20-22H,9-10,17,19H2,1-2H3,(H,33,34). The number of pyridine rings is 2. The van der Waals surface area contributed by atoms with Crippen LogP contribution in [0.15, 0.2) is 97.3 Å². The second kappa shape index (κ2) is 11.4. The first kappa shape index (κ1) is 24.1. The predicted molar refractivity (Wildman–Crippen MR) is 140 cm³/mol. The van der Waals surface area contributed by atoms with Crippen LogP contribution in [0.3, 0.4) is 0 Å². The van der Waals surface area contributed by atoms with Crippen LogP contribution in [-0.4, -0.2) is 28.0 Å². The molecular weight excluding hydrogens is 434 g/mol. The van der Waals surface area contributed by atoms with Gasteiger partial charge in [0.1, 0.15) is 0 Å². The van der Waals surface area contributed by atoms with Crippen LogP contribution in [0.1, 0.15) is 43.5 Å². The Morgan fingerprint density at radius 2 is 1.57 bits per heavy atom. The summed E-state index contributed by atoms with van der Waals surface area (Å²) in [5.74, 6) is 0.518. The van der Waals surface area contributed by atoms with Crippen molar-refractivity contribution in [1.29, 1.82) is 0 Å². The first-order valence-electron chi connectivity index (χ1n) is 12.0. The molecule has 0 atom stereocenters. The average molecular weight is 466 g/mol. The van der Waals surface area contributed by atoms with Crippen molar-refractivity contribution in [3.05, 3.63) is 103 Å². The number of nitrogens with zero attached hydrogens (tertiary/aromatic N) is 2. The number of nitrogens with one attached hydrogen (secondary N) is 1. The lowest BCUT2D eigenvalue weighted by Gasteiger charge is -2.26. The number of carbonyl (C=O) groups excluding carboxylic acids is 1. The highest BCUT2D eigenvalue weighted by Crippen LogP contribution is 2.28. The molecule has 1 N–H and O–H groups in total. The van der Waals surface area contributed by atoms with Gasteiger partial charge in [0.15, 0.2) is 0 Å². The molecule has 1 amide bonds. The zero-order valence-corrected chi connectivity index (χ0v) is 20.3. The number of rotatable bonds is 10. The number of carbonyl (C=O) groups is 1. The summed E-state index contributed by atoms with van der Waals surface area (Å²) >= 11 is 0. The molecule has 0 saturated carbocycles. The highest BCUT2D eigenvalue weighted by Gasteiger charge is 2.20. The Hall–Kier alpha value is -3.99. The molecule has 4 rings (SSSR count). The van der Waals surface area contributed by atoms with Gasteiger partial charge in [0.05, 0.1) is 17.9 Å². The summed E-state index contributed by atoms with van der Waals surface area (Å²) in [6.07, 6.45) is 5.87. The van der Waals surface area contributed by atoms with Crippen molar-refractivity contribution in [3.63, 3.8) is 0 Å². The third-order valence-electron chi connectivity index (χ3n) is 5.80. The van der Waals surface area contributed by atoms with E-state index >= 15 is 0 Å². The van der Waals surface area contributed by atoms with Crippen LogP contribution in [0.5, 0.6) is 5.88 Å². The van der Waals surface area contributed by atoms with E-state index in [9.17, 15) is 4.79 Å². The summed E-state index contributed by atoms with van der Waals surface area (Å²) in [6, 6.07) is 28.1. The molecule has 178 valence electrons. The first-order chi connectivity index (χ1) is 17.0. The number of hydrogen-bond acceptors (Lipinski definition) is 4. The lowest BCUT2D eigenvalue weighted by Crippen LogP contribution is -2.43. The maximum Gasteiger partial charge on any atom is 0.253 e. The van der Waals surface area contributed by atoms with E-state index in [1.807, 2.05) is 56.3 Å². The van der Waals surface area contributed by atoms with E-state index in [1.54, 1.807) is 24.5 Å². The molecular formula is C30H31N3O2. The van der Waals surface area contributed by atoms with Crippen molar-refractivity contribution in [2.45, 2.75) is 38.6 Å². The van der Waals surface area contributed by atoms with Gasteiger partial charge in [0, 0.05) is 29.6 Å². The third-order valence-corrected chi connectivity index (χ3v) is 5.80. The fourth-order valence-electron chi connectivity index (χ4n) is 3.92. The monoisotopic (exact) mass is 465 g/mol. The van der Waals surface area contributed by atoms with Gasteiger partial charge < -0.3 is 10.1 Å². The van der Waals surface area contributed by atoms with Gasteiger partial charge in [-0.3, -0.25) is 9.78 Å².